The zero-order chi connectivity index (χ0) is 11.3. The number of aromatic nitrogens is 1. The lowest BCUT2D eigenvalue weighted by atomic mass is 9.96. The molecule has 6 heteroatoms. The molecule has 0 aliphatic heterocycles. The highest BCUT2D eigenvalue weighted by Gasteiger charge is 2.26. The Balaban J connectivity index is 0. The molecule has 0 saturated heterocycles. The van der Waals surface area contributed by atoms with Gasteiger partial charge in [0.15, 0.2) is 0 Å². The van der Waals surface area contributed by atoms with Crippen LogP contribution in [0.5, 0.6) is 0 Å². The summed E-state index contributed by atoms with van der Waals surface area (Å²) in [6.45, 7) is 3.74. The number of anilines is 1. The van der Waals surface area contributed by atoms with Crippen LogP contribution in [-0.2, 0) is 4.79 Å². The maximum atomic E-state index is 11.8. The summed E-state index contributed by atoms with van der Waals surface area (Å²) in [6.07, 6.45) is 4.80. The van der Waals surface area contributed by atoms with Gasteiger partial charge in [-0.2, -0.15) is 0 Å². The van der Waals surface area contributed by atoms with Gasteiger partial charge in [0.25, 0.3) is 0 Å². The third kappa shape index (κ3) is 5.86. The summed E-state index contributed by atoms with van der Waals surface area (Å²) in [7, 11) is 0. The zero-order valence-corrected chi connectivity index (χ0v) is 11.6. The molecule has 0 saturated carbocycles. The Labute approximate surface area is 114 Å². The highest BCUT2D eigenvalue weighted by molar-refractivity contribution is 5.97. The number of nitrogens with one attached hydrogen (secondary N) is 1. The van der Waals surface area contributed by atoms with Crippen LogP contribution in [0.1, 0.15) is 26.7 Å². The zero-order valence-electron chi connectivity index (χ0n) is 9.97. The maximum absolute atomic E-state index is 11.8. The Morgan fingerprint density at radius 3 is 2.65 bits per heavy atom. The van der Waals surface area contributed by atoms with Gasteiger partial charge in [0.05, 0.1) is 17.4 Å². The normalized spacial score (nSPS) is 12.6. The summed E-state index contributed by atoms with van der Waals surface area (Å²) in [4.78, 5) is 15.7. The number of pyridine rings is 1. The van der Waals surface area contributed by atoms with Gasteiger partial charge < -0.3 is 11.1 Å². The van der Waals surface area contributed by atoms with E-state index in [0.717, 1.165) is 6.42 Å². The molecule has 1 unspecified atom stereocenters. The lowest BCUT2D eigenvalue weighted by Gasteiger charge is -2.22. The molecule has 0 spiro atoms. The van der Waals surface area contributed by atoms with Crippen LogP contribution in [0.15, 0.2) is 24.5 Å². The van der Waals surface area contributed by atoms with Crippen LogP contribution in [-0.4, -0.2) is 16.4 Å². The maximum Gasteiger partial charge on any atom is 0.244 e. The molecule has 1 aromatic rings. The molecule has 98 valence electrons. The number of amides is 1. The lowest BCUT2D eigenvalue weighted by Crippen LogP contribution is -2.48. The van der Waals surface area contributed by atoms with Crippen molar-refractivity contribution >= 4 is 36.4 Å². The van der Waals surface area contributed by atoms with Crippen LogP contribution >= 0.6 is 24.8 Å². The Morgan fingerprint density at radius 2 is 2.18 bits per heavy atom. The fourth-order valence-corrected chi connectivity index (χ4v) is 1.34. The molecule has 1 atom stereocenters. The van der Waals surface area contributed by atoms with Gasteiger partial charge in [0.1, 0.15) is 0 Å². The highest BCUT2D eigenvalue weighted by Crippen LogP contribution is 2.12. The van der Waals surface area contributed by atoms with E-state index in [2.05, 4.69) is 10.3 Å². The van der Waals surface area contributed by atoms with Gasteiger partial charge in [-0.3, -0.25) is 9.78 Å². The molecule has 1 aromatic heterocycles. The van der Waals surface area contributed by atoms with Gasteiger partial charge in [-0.15, -0.1) is 24.8 Å². The minimum atomic E-state index is -0.815. The van der Waals surface area contributed by atoms with Gasteiger partial charge >= 0.3 is 0 Å². The molecule has 4 nitrogen and oxygen atoms in total. The second-order valence-corrected chi connectivity index (χ2v) is 3.86. The van der Waals surface area contributed by atoms with Crippen molar-refractivity contribution in [3.8, 4) is 0 Å². The van der Waals surface area contributed by atoms with Gasteiger partial charge in [-0.1, -0.05) is 13.3 Å². The summed E-state index contributed by atoms with van der Waals surface area (Å²) < 4.78 is 0. The standard InChI is InChI=1S/C11H17N3O.2ClH/c1-3-6-11(2,12)10(15)14-9-5-4-7-13-8-9;;/h4-5,7-8H,3,6,12H2,1-2H3,(H,14,15);2*1H. The first-order valence-electron chi connectivity index (χ1n) is 5.06. The molecule has 0 radical (unpaired) electrons. The summed E-state index contributed by atoms with van der Waals surface area (Å²) in [5.41, 5.74) is 5.75. The van der Waals surface area contributed by atoms with Gasteiger partial charge in [-0.05, 0) is 25.5 Å². The van der Waals surface area contributed by atoms with E-state index in [1.54, 1.807) is 31.5 Å². The molecular weight excluding hydrogens is 261 g/mol. The SMILES string of the molecule is CCCC(C)(N)C(=O)Nc1cccnc1.Cl.Cl. The molecule has 0 aromatic carbocycles. The van der Waals surface area contributed by atoms with Crippen molar-refractivity contribution in [3.63, 3.8) is 0 Å². The molecule has 0 aliphatic carbocycles. The van der Waals surface area contributed by atoms with Gasteiger partial charge in [0, 0.05) is 6.20 Å². The fourth-order valence-electron chi connectivity index (χ4n) is 1.34. The van der Waals surface area contributed by atoms with Crippen molar-refractivity contribution in [1.29, 1.82) is 0 Å². The number of hydrogen-bond donors (Lipinski definition) is 2. The monoisotopic (exact) mass is 279 g/mol. The van der Waals surface area contributed by atoms with Crippen molar-refractivity contribution in [2.45, 2.75) is 32.2 Å². The predicted molar refractivity (Wildman–Crippen MR) is 74.9 cm³/mol. The highest BCUT2D eigenvalue weighted by atomic mass is 35.5. The number of halogens is 2. The number of rotatable bonds is 4. The van der Waals surface area contributed by atoms with Crippen LogP contribution < -0.4 is 11.1 Å². The first-order chi connectivity index (χ1) is 7.06. The fraction of sp³-hybridized carbons (Fsp3) is 0.455. The second kappa shape index (κ2) is 8.28. The molecule has 1 amide bonds. The smallest absolute Gasteiger partial charge is 0.244 e. The minimum absolute atomic E-state index is 0. The molecule has 0 bridgehead atoms. The lowest BCUT2D eigenvalue weighted by molar-refractivity contribution is -0.120. The second-order valence-electron chi connectivity index (χ2n) is 3.86. The topological polar surface area (TPSA) is 68.0 Å². The number of nitrogens with two attached hydrogens (primary N) is 1. The van der Waals surface area contributed by atoms with E-state index < -0.39 is 5.54 Å². The Hall–Kier alpha value is -0.840. The van der Waals surface area contributed by atoms with Crippen LogP contribution in [0.25, 0.3) is 0 Å². The Kier molecular flexibility index (Phi) is 9.02. The van der Waals surface area contributed by atoms with E-state index in [1.165, 1.54) is 0 Å². The van der Waals surface area contributed by atoms with E-state index >= 15 is 0 Å². The van der Waals surface area contributed by atoms with Gasteiger partial charge in [-0.25, -0.2) is 0 Å². The van der Waals surface area contributed by atoms with Crippen LogP contribution in [0.2, 0.25) is 0 Å². The van der Waals surface area contributed by atoms with E-state index in [0.29, 0.717) is 12.1 Å². The molecule has 0 fully saturated rings. The van der Waals surface area contributed by atoms with Gasteiger partial charge in [0.2, 0.25) is 5.91 Å². The van der Waals surface area contributed by atoms with E-state index in [4.69, 9.17) is 5.73 Å². The average molecular weight is 280 g/mol. The Morgan fingerprint density at radius 1 is 1.53 bits per heavy atom. The van der Waals surface area contributed by atoms with Crippen LogP contribution in [0, 0.1) is 0 Å². The van der Waals surface area contributed by atoms with E-state index in [-0.39, 0.29) is 30.7 Å². The largest absolute Gasteiger partial charge is 0.323 e. The first-order valence-corrected chi connectivity index (χ1v) is 5.06. The number of carbonyl (C=O) groups excluding carboxylic acids is 1. The predicted octanol–water partition coefficient (Wildman–Crippen LogP) is 2.38. The molecule has 3 N–H and O–H groups in total. The number of hydrogen-bond acceptors (Lipinski definition) is 3. The van der Waals surface area contributed by atoms with E-state index in [1.807, 2.05) is 6.92 Å². The quantitative estimate of drug-likeness (QED) is 0.889. The third-order valence-corrected chi connectivity index (χ3v) is 2.21. The summed E-state index contributed by atoms with van der Waals surface area (Å²) >= 11 is 0. The Bertz CT molecular complexity index is 331. The summed E-state index contributed by atoms with van der Waals surface area (Å²) in [6, 6.07) is 3.55. The van der Waals surface area contributed by atoms with E-state index in [9.17, 15) is 4.79 Å². The third-order valence-electron chi connectivity index (χ3n) is 2.21. The van der Waals surface area contributed by atoms with Crippen molar-refractivity contribution in [3.05, 3.63) is 24.5 Å². The van der Waals surface area contributed by atoms with Crippen molar-refractivity contribution in [2.75, 3.05) is 5.32 Å². The average Bonchev–Trinajstić information content (AvgIpc) is 2.19. The van der Waals surface area contributed by atoms with Crippen molar-refractivity contribution < 1.29 is 4.79 Å². The molecule has 0 aliphatic rings. The molecular formula is C11H19Cl2N3O. The van der Waals surface area contributed by atoms with Crippen LogP contribution in [0.3, 0.4) is 0 Å². The number of carbonyl (C=O) groups is 1. The van der Waals surface area contributed by atoms with Crippen molar-refractivity contribution in [1.82, 2.24) is 4.98 Å². The van der Waals surface area contributed by atoms with Crippen LogP contribution in [0.4, 0.5) is 5.69 Å². The van der Waals surface area contributed by atoms with Crippen molar-refractivity contribution in [2.24, 2.45) is 5.73 Å². The molecule has 1 rings (SSSR count). The number of nitrogens with zero attached hydrogens (tertiary/aromatic N) is 1. The molecule has 1 heterocycles. The summed E-state index contributed by atoms with van der Waals surface area (Å²) in [5.74, 6) is -0.169. The summed E-state index contributed by atoms with van der Waals surface area (Å²) in [5, 5.41) is 2.74. The minimum Gasteiger partial charge on any atom is -0.323 e. The molecule has 17 heavy (non-hydrogen) atoms. The first kappa shape index (κ1) is 18.5.